The van der Waals surface area contributed by atoms with Gasteiger partial charge in [0.05, 0.1) is 6.61 Å². The molecule has 1 aromatic carbocycles. The van der Waals surface area contributed by atoms with Crippen molar-refractivity contribution in [1.82, 2.24) is 4.90 Å². The van der Waals surface area contributed by atoms with Crippen LogP contribution in [0.4, 0.5) is 0 Å². The van der Waals surface area contributed by atoms with E-state index < -0.39 is 0 Å². The highest BCUT2D eigenvalue weighted by Gasteiger charge is 2.14. The van der Waals surface area contributed by atoms with Gasteiger partial charge in [-0.1, -0.05) is 17.9 Å². The van der Waals surface area contributed by atoms with Crippen LogP contribution in [0.5, 0.6) is 0 Å². The van der Waals surface area contributed by atoms with Crippen LogP contribution in [-0.2, 0) is 0 Å². The van der Waals surface area contributed by atoms with Crippen molar-refractivity contribution in [1.29, 1.82) is 0 Å². The summed E-state index contributed by atoms with van der Waals surface area (Å²) in [4.78, 5) is 13.8. The number of rotatable bonds is 4. The summed E-state index contributed by atoms with van der Waals surface area (Å²) in [6.45, 7) is 4.38. The first kappa shape index (κ1) is 15.2. The van der Waals surface area contributed by atoms with E-state index in [0.717, 1.165) is 11.1 Å². The lowest BCUT2D eigenvalue weighted by molar-refractivity contribution is 0.0732. The maximum Gasteiger partial charge on any atom is 0.253 e. The van der Waals surface area contributed by atoms with Crippen LogP contribution >= 0.6 is 0 Å². The largest absolute Gasteiger partial charge is 0.395 e. The van der Waals surface area contributed by atoms with Gasteiger partial charge in [-0.05, 0) is 31.5 Å². The second-order valence-electron chi connectivity index (χ2n) is 4.10. The van der Waals surface area contributed by atoms with Crippen LogP contribution in [0.2, 0.25) is 0 Å². The second kappa shape index (κ2) is 7.57. The van der Waals surface area contributed by atoms with E-state index in [0.29, 0.717) is 18.7 Å². The zero-order chi connectivity index (χ0) is 14.3. The maximum atomic E-state index is 12.2. The van der Waals surface area contributed by atoms with E-state index in [1.165, 1.54) is 0 Å². The third-order valence-electron chi connectivity index (χ3n) is 2.83. The Morgan fingerprint density at radius 1 is 1.37 bits per heavy atom. The van der Waals surface area contributed by atoms with Crippen molar-refractivity contribution in [3.8, 4) is 11.8 Å². The van der Waals surface area contributed by atoms with Crippen molar-refractivity contribution in [2.24, 2.45) is 0 Å². The summed E-state index contributed by atoms with van der Waals surface area (Å²) in [6.07, 6.45) is 0. The summed E-state index contributed by atoms with van der Waals surface area (Å²) in [5, 5.41) is 17.7. The molecule has 0 saturated heterocycles. The van der Waals surface area contributed by atoms with E-state index in [1.54, 1.807) is 17.0 Å². The van der Waals surface area contributed by atoms with Gasteiger partial charge in [-0.15, -0.1) is 0 Å². The molecule has 0 fully saturated rings. The number of aliphatic hydroxyl groups is 2. The molecule has 0 aliphatic carbocycles. The molecule has 2 N–H and O–H groups in total. The van der Waals surface area contributed by atoms with Gasteiger partial charge >= 0.3 is 0 Å². The van der Waals surface area contributed by atoms with Crippen LogP contribution in [0, 0.1) is 18.8 Å². The third-order valence-corrected chi connectivity index (χ3v) is 2.83. The number of likely N-dealkylation sites (N-methyl/N-ethyl adjacent to an activating group) is 1. The Labute approximate surface area is 113 Å². The molecule has 4 heteroatoms. The molecule has 0 heterocycles. The molecule has 0 radical (unpaired) electrons. The molecule has 102 valence electrons. The minimum Gasteiger partial charge on any atom is -0.395 e. The van der Waals surface area contributed by atoms with Gasteiger partial charge in [0.15, 0.2) is 0 Å². The Morgan fingerprint density at radius 2 is 2.11 bits per heavy atom. The number of aryl methyl sites for hydroxylation is 1. The van der Waals surface area contributed by atoms with Gasteiger partial charge in [0.25, 0.3) is 5.91 Å². The van der Waals surface area contributed by atoms with Gasteiger partial charge in [-0.25, -0.2) is 0 Å². The monoisotopic (exact) mass is 261 g/mol. The first-order valence-corrected chi connectivity index (χ1v) is 6.24. The Kier molecular flexibility index (Phi) is 6.07. The lowest BCUT2D eigenvalue weighted by Gasteiger charge is -2.20. The Balaban J connectivity index is 3.04. The normalized spacial score (nSPS) is 9.68. The molecule has 0 spiro atoms. The van der Waals surface area contributed by atoms with Crippen LogP contribution < -0.4 is 0 Å². The molecule has 4 nitrogen and oxygen atoms in total. The third kappa shape index (κ3) is 4.09. The highest BCUT2D eigenvalue weighted by Crippen LogP contribution is 2.12. The number of amides is 1. The van der Waals surface area contributed by atoms with E-state index in [1.807, 2.05) is 19.9 Å². The van der Waals surface area contributed by atoms with E-state index in [9.17, 15) is 4.79 Å². The van der Waals surface area contributed by atoms with Crippen molar-refractivity contribution in [2.75, 3.05) is 26.3 Å². The van der Waals surface area contributed by atoms with Crippen molar-refractivity contribution >= 4 is 5.91 Å². The summed E-state index contributed by atoms with van der Waals surface area (Å²) >= 11 is 0. The number of hydrogen-bond acceptors (Lipinski definition) is 3. The fourth-order valence-electron chi connectivity index (χ4n) is 1.73. The van der Waals surface area contributed by atoms with Crippen molar-refractivity contribution < 1.29 is 15.0 Å². The number of nitrogens with zero attached hydrogens (tertiary/aromatic N) is 1. The van der Waals surface area contributed by atoms with E-state index in [-0.39, 0.29) is 19.1 Å². The Hall–Kier alpha value is -1.83. The molecule has 0 aliphatic rings. The first-order chi connectivity index (χ1) is 9.13. The van der Waals surface area contributed by atoms with E-state index >= 15 is 0 Å². The van der Waals surface area contributed by atoms with Gasteiger partial charge in [0.2, 0.25) is 0 Å². The SMILES string of the molecule is CCN(CCO)C(=O)c1ccc(C)c(C#CCO)c1. The smallest absolute Gasteiger partial charge is 0.253 e. The molecule has 0 saturated carbocycles. The van der Waals surface area contributed by atoms with Crippen LogP contribution in [0.1, 0.15) is 28.4 Å². The minimum absolute atomic E-state index is 0.0530. The maximum absolute atomic E-state index is 12.2. The van der Waals surface area contributed by atoms with Gasteiger partial charge < -0.3 is 15.1 Å². The van der Waals surface area contributed by atoms with Crippen molar-refractivity contribution in [3.05, 3.63) is 34.9 Å². The molecular formula is C15H19NO3. The lowest BCUT2D eigenvalue weighted by atomic mass is 10.0. The van der Waals surface area contributed by atoms with Gasteiger partial charge in [0, 0.05) is 24.2 Å². The fourth-order valence-corrected chi connectivity index (χ4v) is 1.73. The van der Waals surface area contributed by atoms with E-state index in [4.69, 9.17) is 10.2 Å². The molecule has 1 amide bonds. The predicted octanol–water partition coefficient (Wildman–Crippen LogP) is 0.793. The molecule has 1 rings (SSSR count). The molecule has 1 aromatic rings. The highest BCUT2D eigenvalue weighted by molar-refractivity contribution is 5.94. The zero-order valence-corrected chi connectivity index (χ0v) is 11.3. The number of benzene rings is 1. The first-order valence-electron chi connectivity index (χ1n) is 6.24. The topological polar surface area (TPSA) is 60.8 Å². The Morgan fingerprint density at radius 3 is 2.68 bits per heavy atom. The quantitative estimate of drug-likeness (QED) is 0.788. The molecule has 0 unspecified atom stereocenters. The standard InChI is InChI=1S/C15H19NO3/c1-3-16(8-10-18)15(19)14-7-6-12(2)13(11-14)5-4-9-17/h6-7,11,17-18H,3,8-10H2,1-2H3. The van der Waals surface area contributed by atoms with Gasteiger partial charge in [0.1, 0.15) is 6.61 Å². The van der Waals surface area contributed by atoms with Crippen molar-refractivity contribution in [2.45, 2.75) is 13.8 Å². The fraction of sp³-hybridized carbons (Fsp3) is 0.400. The van der Waals surface area contributed by atoms with Gasteiger partial charge in [-0.3, -0.25) is 4.79 Å². The number of carbonyl (C=O) groups excluding carboxylic acids is 1. The van der Waals surface area contributed by atoms with Crippen LogP contribution in [0.15, 0.2) is 18.2 Å². The summed E-state index contributed by atoms with van der Waals surface area (Å²) in [5.74, 6) is 5.29. The Bertz CT molecular complexity index is 500. The average Bonchev–Trinajstić information content (AvgIpc) is 2.43. The number of hydrogen-bond donors (Lipinski definition) is 2. The highest BCUT2D eigenvalue weighted by atomic mass is 16.3. The van der Waals surface area contributed by atoms with Crippen LogP contribution in [-0.4, -0.2) is 47.3 Å². The van der Waals surface area contributed by atoms with Crippen LogP contribution in [0.25, 0.3) is 0 Å². The van der Waals surface area contributed by atoms with Crippen molar-refractivity contribution in [3.63, 3.8) is 0 Å². The summed E-state index contributed by atoms with van der Waals surface area (Å²) in [6, 6.07) is 5.31. The van der Waals surface area contributed by atoms with Gasteiger partial charge in [-0.2, -0.15) is 0 Å². The molecule has 19 heavy (non-hydrogen) atoms. The molecule has 0 atom stereocenters. The number of aliphatic hydroxyl groups excluding tert-OH is 2. The van der Waals surface area contributed by atoms with Crippen LogP contribution in [0.3, 0.4) is 0 Å². The molecule has 0 aromatic heterocycles. The number of carbonyl (C=O) groups is 1. The molecule has 0 bridgehead atoms. The minimum atomic E-state index is -0.205. The summed E-state index contributed by atoms with van der Waals surface area (Å²) < 4.78 is 0. The zero-order valence-electron chi connectivity index (χ0n) is 11.3. The summed E-state index contributed by atoms with van der Waals surface area (Å²) in [5.41, 5.74) is 2.24. The second-order valence-corrected chi connectivity index (χ2v) is 4.10. The lowest BCUT2D eigenvalue weighted by Crippen LogP contribution is -2.33. The van der Waals surface area contributed by atoms with E-state index in [2.05, 4.69) is 11.8 Å². The average molecular weight is 261 g/mol. The predicted molar refractivity (Wildman–Crippen MR) is 73.8 cm³/mol. The summed E-state index contributed by atoms with van der Waals surface area (Å²) in [7, 11) is 0. The molecular weight excluding hydrogens is 242 g/mol. The molecule has 0 aliphatic heterocycles.